The van der Waals surface area contributed by atoms with Gasteiger partial charge in [-0.1, -0.05) is 0 Å². The van der Waals surface area contributed by atoms with Crippen LogP contribution < -0.4 is 0 Å². The number of aliphatic hydroxyl groups is 1. The third kappa shape index (κ3) is 2.44. The largest absolute Gasteiger partial charge is 0.385 e. The Bertz CT molecular complexity index is 453. The van der Waals surface area contributed by atoms with Gasteiger partial charge in [0.05, 0.1) is 21.7 Å². The fraction of sp³-hybridized carbons (Fsp3) is 0.538. The lowest BCUT2D eigenvalue weighted by Crippen LogP contribution is -2.37. The molecule has 2 unspecified atom stereocenters. The van der Waals surface area contributed by atoms with Crippen LogP contribution in [-0.2, 0) is 10.3 Å². The fourth-order valence-corrected chi connectivity index (χ4v) is 2.92. The van der Waals surface area contributed by atoms with E-state index in [1.54, 1.807) is 7.11 Å². The van der Waals surface area contributed by atoms with Crippen LogP contribution in [0.1, 0.15) is 31.2 Å². The van der Waals surface area contributed by atoms with E-state index in [2.05, 4.69) is 15.9 Å². The summed E-state index contributed by atoms with van der Waals surface area (Å²) in [5.41, 5.74) is -1.74. The first-order valence-corrected chi connectivity index (χ1v) is 6.66. The number of ether oxygens (including phenoxy) is 1. The Morgan fingerprint density at radius 3 is 2.83 bits per heavy atom. The van der Waals surface area contributed by atoms with E-state index in [1.807, 2.05) is 0 Å². The Labute approximate surface area is 113 Å². The van der Waals surface area contributed by atoms with Gasteiger partial charge in [0.2, 0.25) is 0 Å². The van der Waals surface area contributed by atoms with E-state index in [0.29, 0.717) is 12.8 Å². The number of benzene rings is 1. The van der Waals surface area contributed by atoms with E-state index >= 15 is 0 Å². The molecule has 1 fully saturated rings. The van der Waals surface area contributed by atoms with E-state index in [4.69, 9.17) is 4.74 Å². The van der Waals surface area contributed by atoms with Gasteiger partial charge in [0, 0.05) is 13.5 Å². The molecule has 1 N–H and O–H groups in total. The summed E-state index contributed by atoms with van der Waals surface area (Å²) in [7, 11) is 1.55. The first kappa shape index (κ1) is 13.9. The predicted octanol–water partition coefficient (Wildman–Crippen LogP) is 3.50. The van der Waals surface area contributed by atoms with Crippen molar-refractivity contribution >= 4 is 15.9 Å². The van der Waals surface area contributed by atoms with Gasteiger partial charge in [0.15, 0.2) is 0 Å². The average Bonchev–Trinajstić information content (AvgIpc) is 2.34. The molecule has 0 radical (unpaired) electrons. The third-order valence-corrected chi connectivity index (χ3v) is 4.14. The normalized spacial score (nSPS) is 28.4. The Morgan fingerprint density at radius 2 is 2.17 bits per heavy atom. The van der Waals surface area contributed by atoms with Crippen molar-refractivity contribution in [3.63, 3.8) is 0 Å². The van der Waals surface area contributed by atoms with Crippen molar-refractivity contribution in [2.75, 3.05) is 7.11 Å². The summed E-state index contributed by atoms with van der Waals surface area (Å²) in [6.45, 7) is 0. The molecule has 0 spiro atoms. The summed E-state index contributed by atoms with van der Waals surface area (Å²) < 4.78 is 33.2. The highest BCUT2D eigenvalue weighted by Gasteiger charge is 2.40. The van der Waals surface area contributed by atoms with Gasteiger partial charge in [-0.2, -0.15) is 0 Å². The smallest absolute Gasteiger partial charge is 0.146 e. The van der Waals surface area contributed by atoms with Crippen molar-refractivity contribution < 1.29 is 18.6 Å². The number of hydrogen-bond acceptors (Lipinski definition) is 2. The molecule has 1 aromatic carbocycles. The second-order valence-corrected chi connectivity index (χ2v) is 5.56. The molecule has 0 heterocycles. The summed E-state index contributed by atoms with van der Waals surface area (Å²) in [6, 6.07) is 2.46. The van der Waals surface area contributed by atoms with Gasteiger partial charge < -0.3 is 9.84 Å². The molecule has 0 aromatic heterocycles. The second-order valence-electron chi connectivity index (χ2n) is 4.70. The van der Waals surface area contributed by atoms with Crippen LogP contribution in [0, 0.1) is 11.6 Å². The lowest BCUT2D eigenvalue weighted by atomic mass is 9.78. The molecular weight excluding hydrogens is 306 g/mol. The maximum atomic E-state index is 14.0. The zero-order valence-corrected chi connectivity index (χ0v) is 11.6. The molecule has 1 saturated carbocycles. The Balaban J connectivity index is 2.43. The maximum Gasteiger partial charge on any atom is 0.146 e. The van der Waals surface area contributed by atoms with Crippen LogP contribution in [0.2, 0.25) is 0 Å². The van der Waals surface area contributed by atoms with Crippen LogP contribution in [0.4, 0.5) is 8.78 Å². The van der Waals surface area contributed by atoms with Gasteiger partial charge in [-0.15, -0.1) is 0 Å². The maximum absolute atomic E-state index is 14.0. The van der Waals surface area contributed by atoms with Gasteiger partial charge in [0.1, 0.15) is 11.6 Å². The summed E-state index contributed by atoms with van der Waals surface area (Å²) in [5.74, 6) is -1.44. The topological polar surface area (TPSA) is 29.5 Å². The van der Waals surface area contributed by atoms with E-state index in [-0.39, 0.29) is 22.6 Å². The van der Waals surface area contributed by atoms with Crippen molar-refractivity contribution in [3.8, 4) is 0 Å². The molecule has 0 amide bonds. The highest BCUT2D eigenvalue weighted by atomic mass is 79.9. The second kappa shape index (κ2) is 5.23. The van der Waals surface area contributed by atoms with Crippen LogP contribution in [-0.4, -0.2) is 18.3 Å². The monoisotopic (exact) mass is 320 g/mol. The van der Waals surface area contributed by atoms with Crippen molar-refractivity contribution in [2.45, 2.75) is 37.4 Å². The molecule has 0 bridgehead atoms. The summed E-state index contributed by atoms with van der Waals surface area (Å²) in [4.78, 5) is 0. The summed E-state index contributed by atoms with van der Waals surface area (Å²) >= 11 is 3.02. The third-order valence-electron chi connectivity index (χ3n) is 3.52. The standard InChI is InChI=1S/C13H15BrF2O2/c1-18-8-3-2-6-13(17,7-8)11-10(15)5-4-9(14)12(11)16/h4-5,8,17H,2-3,6-7H2,1H3. The average molecular weight is 321 g/mol. The number of hydrogen-bond donors (Lipinski definition) is 1. The van der Waals surface area contributed by atoms with Crippen LogP contribution in [0.3, 0.4) is 0 Å². The molecule has 18 heavy (non-hydrogen) atoms. The Morgan fingerprint density at radius 1 is 1.44 bits per heavy atom. The highest BCUT2D eigenvalue weighted by Crippen LogP contribution is 2.41. The van der Waals surface area contributed by atoms with E-state index in [1.165, 1.54) is 6.07 Å². The Hall–Kier alpha value is -0.520. The molecule has 1 aromatic rings. The van der Waals surface area contributed by atoms with Gasteiger partial charge in [-0.25, -0.2) is 8.78 Å². The zero-order valence-electron chi connectivity index (χ0n) is 10.0. The summed E-state index contributed by atoms with van der Waals surface area (Å²) in [6.07, 6.45) is 1.88. The van der Waals surface area contributed by atoms with Crippen molar-refractivity contribution in [3.05, 3.63) is 33.8 Å². The first-order valence-electron chi connectivity index (χ1n) is 5.87. The minimum Gasteiger partial charge on any atom is -0.385 e. The molecule has 0 saturated heterocycles. The van der Waals surface area contributed by atoms with Gasteiger partial charge in [-0.05, 0) is 47.3 Å². The van der Waals surface area contributed by atoms with E-state index in [0.717, 1.165) is 12.5 Å². The minimum absolute atomic E-state index is 0.159. The highest BCUT2D eigenvalue weighted by molar-refractivity contribution is 9.10. The van der Waals surface area contributed by atoms with Crippen molar-refractivity contribution in [1.29, 1.82) is 0 Å². The number of halogens is 3. The molecule has 0 aliphatic heterocycles. The SMILES string of the molecule is COC1CCCC(O)(c2c(F)ccc(Br)c2F)C1. The molecule has 5 heteroatoms. The van der Waals surface area contributed by atoms with Gasteiger partial charge in [0.25, 0.3) is 0 Å². The Kier molecular flexibility index (Phi) is 4.04. The van der Waals surface area contributed by atoms with Crippen LogP contribution in [0.25, 0.3) is 0 Å². The van der Waals surface area contributed by atoms with E-state index < -0.39 is 17.2 Å². The molecule has 2 atom stereocenters. The lowest BCUT2D eigenvalue weighted by molar-refractivity contribution is -0.0670. The van der Waals surface area contributed by atoms with E-state index in [9.17, 15) is 13.9 Å². The van der Waals surface area contributed by atoms with Crippen LogP contribution >= 0.6 is 15.9 Å². The zero-order chi connectivity index (χ0) is 13.3. The van der Waals surface area contributed by atoms with Crippen LogP contribution in [0.5, 0.6) is 0 Å². The lowest BCUT2D eigenvalue weighted by Gasteiger charge is -2.37. The summed E-state index contributed by atoms with van der Waals surface area (Å²) in [5, 5.41) is 10.5. The quantitative estimate of drug-likeness (QED) is 0.845. The van der Waals surface area contributed by atoms with Gasteiger partial charge >= 0.3 is 0 Å². The van der Waals surface area contributed by atoms with Crippen LogP contribution in [0.15, 0.2) is 16.6 Å². The molecule has 2 rings (SSSR count). The first-order chi connectivity index (χ1) is 8.48. The molecule has 1 aliphatic rings. The molecular formula is C13H15BrF2O2. The number of rotatable bonds is 2. The fourth-order valence-electron chi connectivity index (χ4n) is 2.58. The van der Waals surface area contributed by atoms with Gasteiger partial charge in [-0.3, -0.25) is 0 Å². The predicted molar refractivity (Wildman–Crippen MR) is 67.2 cm³/mol. The van der Waals surface area contributed by atoms with Crippen molar-refractivity contribution in [2.24, 2.45) is 0 Å². The van der Waals surface area contributed by atoms with Crippen molar-refractivity contribution in [1.82, 2.24) is 0 Å². The molecule has 100 valence electrons. The molecule has 2 nitrogen and oxygen atoms in total. The molecule has 1 aliphatic carbocycles. The number of methoxy groups -OCH3 is 1. The minimum atomic E-state index is -1.49.